The average molecular weight is 677 g/mol. The van der Waals surface area contributed by atoms with Gasteiger partial charge in [-0.15, -0.1) is 0 Å². The fourth-order valence-corrected chi connectivity index (χ4v) is 6.57. The summed E-state index contributed by atoms with van der Waals surface area (Å²) in [6.07, 6.45) is 0. The molecule has 0 aliphatic heterocycles. The van der Waals surface area contributed by atoms with Crippen molar-refractivity contribution < 1.29 is 45.5 Å². The highest BCUT2D eigenvalue weighted by molar-refractivity contribution is 6.28. The molecule has 1 nitrogen and oxygen atoms in total. The summed E-state index contributed by atoms with van der Waals surface area (Å²) in [6.45, 7) is 0. The highest BCUT2D eigenvalue weighted by Crippen LogP contribution is 2.50. The molecule has 0 aliphatic carbocycles. The number of benzene rings is 10. The highest BCUT2D eigenvalue weighted by atomic mass is 16.3. The Labute approximate surface area is 336 Å². The van der Waals surface area contributed by atoms with E-state index < -0.39 is 290 Å². The Hall–Kier alpha value is -6.70. The van der Waals surface area contributed by atoms with Gasteiger partial charge < -0.3 is 4.42 Å². The second-order valence-corrected chi connectivity index (χ2v) is 11.3. The Morgan fingerprint density at radius 2 is 0.804 bits per heavy atom. The third-order valence-corrected chi connectivity index (χ3v) is 8.64. The summed E-state index contributed by atoms with van der Waals surface area (Å²) >= 11 is 0. The van der Waals surface area contributed by atoms with Crippen molar-refractivity contribution in [2.45, 2.75) is 0 Å². The van der Waals surface area contributed by atoms with Gasteiger partial charge in [0, 0.05) is 10.8 Å². The van der Waals surface area contributed by atoms with E-state index in [1.807, 2.05) is 0 Å². The molecule has 0 saturated heterocycles. The molecular weight excluding hydrogens is 617 g/mol. The molecule has 0 unspecified atom stereocenters. The van der Waals surface area contributed by atoms with Gasteiger partial charge in [0.15, 0.2) is 0 Å². The lowest BCUT2D eigenvalue weighted by Gasteiger charge is -2.22. The van der Waals surface area contributed by atoms with E-state index in [-0.39, 0.29) is 0 Å². The normalized spacial score (nSPS) is 20.2. The van der Waals surface area contributed by atoms with Crippen LogP contribution >= 0.6 is 0 Å². The van der Waals surface area contributed by atoms with Crippen LogP contribution in [0.15, 0.2) is 186 Å². The van der Waals surface area contributed by atoms with E-state index in [2.05, 4.69) is 0 Å². The lowest BCUT2D eigenvalue weighted by atomic mass is 9.81. The van der Waals surface area contributed by atoms with E-state index >= 15 is 0 Å². The van der Waals surface area contributed by atoms with Crippen molar-refractivity contribution in [3.63, 3.8) is 0 Å². The van der Waals surface area contributed by atoms with Crippen LogP contribution in [0.2, 0.25) is 0 Å². The van der Waals surface area contributed by atoms with Crippen LogP contribution in [0.5, 0.6) is 0 Å². The molecule has 1 heterocycles. The number of hydrogen-bond donors (Lipinski definition) is 0. The summed E-state index contributed by atoms with van der Waals surface area (Å²) in [5.41, 5.74) is -6.47. The highest BCUT2D eigenvalue weighted by Gasteiger charge is 2.23. The Morgan fingerprint density at radius 1 is 0.294 bits per heavy atom. The molecule has 1 heteroatoms. The van der Waals surface area contributed by atoms with Gasteiger partial charge in [0.05, 0.1) is 41.1 Å². The predicted molar refractivity (Wildman–Crippen MR) is 218 cm³/mol. The van der Waals surface area contributed by atoms with Gasteiger partial charge in [-0.2, -0.15) is 0 Å². The van der Waals surface area contributed by atoms with Crippen molar-refractivity contribution in [1.82, 2.24) is 0 Å². The topological polar surface area (TPSA) is 13.1 Å². The number of hydrogen-bond acceptors (Lipinski definition) is 1. The molecule has 0 fully saturated rings. The van der Waals surface area contributed by atoms with Gasteiger partial charge in [-0.1, -0.05) is 163 Å². The monoisotopic (exact) mass is 676 g/mol. The average Bonchev–Trinajstić information content (AvgIpc) is 4.01. The molecule has 51 heavy (non-hydrogen) atoms. The van der Waals surface area contributed by atoms with E-state index in [0.29, 0.717) is 0 Å². The van der Waals surface area contributed by atoms with Crippen LogP contribution in [0.1, 0.15) is 41.1 Å². The van der Waals surface area contributed by atoms with E-state index in [9.17, 15) is 19.2 Å². The molecule has 10 aromatic carbocycles. The van der Waals surface area contributed by atoms with Crippen molar-refractivity contribution in [3.05, 3.63) is 181 Å². The van der Waals surface area contributed by atoms with Crippen molar-refractivity contribution >= 4 is 75.8 Å². The van der Waals surface area contributed by atoms with Crippen LogP contribution in [0, 0.1) is 0 Å². The van der Waals surface area contributed by atoms with Crippen LogP contribution in [-0.4, -0.2) is 0 Å². The van der Waals surface area contributed by atoms with Gasteiger partial charge in [-0.25, -0.2) is 0 Å². The summed E-state index contributed by atoms with van der Waals surface area (Å²) in [5.74, 6) is 0. The molecule has 236 valence electrons. The Bertz CT molecular complexity index is 4840. The van der Waals surface area contributed by atoms with Crippen molar-refractivity contribution in [2.24, 2.45) is 0 Å². The molecule has 11 rings (SSSR count). The predicted octanol–water partition coefficient (Wildman–Crippen LogP) is 14.4. The molecule has 0 amide bonds. The second-order valence-electron chi connectivity index (χ2n) is 11.3. The van der Waals surface area contributed by atoms with Crippen LogP contribution in [0.3, 0.4) is 0 Å². The Morgan fingerprint density at radius 3 is 1.51 bits per heavy atom. The maximum Gasteiger partial charge on any atom is 0.136 e. The summed E-state index contributed by atoms with van der Waals surface area (Å²) in [4.78, 5) is 0. The lowest BCUT2D eigenvalue weighted by molar-refractivity contribution is 0.669. The Kier molecular flexibility index (Phi) is 2.50. The van der Waals surface area contributed by atoms with E-state index in [1.165, 1.54) is 0 Å². The van der Waals surface area contributed by atoms with Crippen LogP contribution in [0.4, 0.5) is 0 Å². The second kappa shape index (κ2) is 10.9. The van der Waals surface area contributed by atoms with Gasteiger partial charge in [0.2, 0.25) is 0 Å². The minimum absolute atomic E-state index is 0.532. The first-order chi connectivity index (χ1) is 37.8. The van der Waals surface area contributed by atoms with Gasteiger partial charge in [0.25, 0.3) is 0 Å². The van der Waals surface area contributed by atoms with E-state index in [1.54, 1.807) is 0 Å². The first-order valence-corrected chi connectivity index (χ1v) is 15.2. The summed E-state index contributed by atoms with van der Waals surface area (Å²) in [7, 11) is 0. The lowest BCUT2D eigenvalue weighted by Crippen LogP contribution is -1.94. The van der Waals surface area contributed by atoms with Crippen molar-refractivity contribution in [3.8, 4) is 33.4 Å². The molecule has 0 saturated carbocycles. The molecule has 0 spiro atoms. The summed E-state index contributed by atoms with van der Waals surface area (Å²) in [6, 6.07) is -29.6. The van der Waals surface area contributed by atoms with Crippen LogP contribution < -0.4 is 0 Å². The first kappa shape index (κ1) is 11.7. The maximum atomic E-state index is 9.99. The third kappa shape index (κ3) is 4.16. The molecular formula is C50H30O. The van der Waals surface area contributed by atoms with E-state index in [4.69, 9.17) is 26.3 Å². The van der Waals surface area contributed by atoms with Crippen molar-refractivity contribution in [2.75, 3.05) is 0 Å². The number of furan rings is 1. The molecule has 1 aromatic heterocycles. The largest absolute Gasteiger partial charge is 0.456 e. The molecule has 11 aromatic rings. The number of fused-ring (bicyclic) bond motifs is 8. The fraction of sp³-hybridized carbons (Fsp3) is 0. The van der Waals surface area contributed by atoms with E-state index in [0.717, 1.165) is 0 Å². The quantitative estimate of drug-likeness (QED) is 0.170. The Balaban J connectivity index is 1.56. The van der Waals surface area contributed by atoms with Gasteiger partial charge in [-0.05, 0) is 105 Å². The molecule has 0 N–H and O–H groups in total. The van der Waals surface area contributed by atoms with Crippen LogP contribution in [0.25, 0.3) is 109 Å². The zero-order chi connectivity index (χ0) is 59.6. The van der Waals surface area contributed by atoms with Gasteiger partial charge in [-0.3, -0.25) is 0 Å². The van der Waals surface area contributed by atoms with Crippen LogP contribution in [-0.2, 0) is 0 Å². The van der Waals surface area contributed by atoms with Gasteiger partial charge >= 0.3 is 0 Å². The minimum atomic E-state index is -1.13. The fourth-order valence-electron chi connectivity index (χ4n) is 6.57. The number of rotatable bonds is 3. The van der Waals surface area contributed by atoms with Gasteiger partial charge in [0.1, 0.15) is 11.2 Å². The smallest absolute Gasteiger partial charge is 0.136 e. The third-order valence-electron chi connectivity index (χ3n) is 8.64. The van der Waals surface area contributed by atoms with Crippen molar-refractivity contribution in [1.29, 1.82) is 0 Å². The standard InChI is InChI=1S/C50H30O/c1-2-16-34-30-46-44(29-33(34)15-1)48-40(25-12-26-45(48)51-46)43-28-27-32-14-4-6-19-36(32)49(43)50-41-22-9-7-20-38(41)47(39-21-8-10-23-42(39)50)37-24-11-17-31-13-3-5-18-35(31)37/h1-30H/i1D,2D,3D,4D,5D,6D,7D,8D,9D,10D,11D,12D,13D,14D,15D,16D,17D,18D,19D,20D,21D,22D,23D,24D,25D,26D,27D,28D,29D,30D. The SMILES string of the molecule is [2H]c1c([2H])c(-c2c([2H])c([2H])c3c([2H])c([2H])c([2H])c([2H])c3c2-c2c3c([2H])c([2H])c([2H])c([2H])c3c(-c3c([2H])c([2H])c([2H])c4c([2H])c([2H])c([2H])c([2H])c34)c3c([2H])c([2H])c([2H])c([2H])c23)c2c(oc3c([2H])c4c([2H])c([2H])c([2H])c([2H])c4c([2H])c32)c1[2H]. The summed E-state index contributed by atoms with van der Waals surface area (Å²) < 4.78 is 282. The molecule has 0 atom stereocenters. The molecule has 0 radical (unpaired) electrons. The maximum absolute atomic E-state index is 9.99. The molecule has 0 aliphatic rings. The zero-order valence-electron chi connectivity index (χ0n) is 55.4. The summed E-state index contributed by atoms with van der Waals surface area (Å²) in [5, 5.41) is -8.76. The zero-order valence-corrected chi connectivity index (χ0v) is 25.4. The minimum Gasteiger partial charge on any atom is -0.456 e. The molecule has 0 bridgehead atoms. The first-order valence-electron chi connectivity index (χ1n) is 30.2.